The highest BCUT2D eigenvalue weighted by molar-refractivity contribution is 5.55. The molecule has 1 unspecified atom stereocenters. The van der Waals surface area contributed by atoms with Crippen molar-refractivity contribution in [1.82, 2.24) is 0 Å². The van der Waals surface area contributed by atoms with Gasteiger partial charge in [-0.3, -0.25) is 4.99 Å². The SMILES string of the molecule is C=C(N=CC)C(C)F. The Morgan fingerprint density at radius 3 is 2.50 bits per heavy atom. The van der Waals surface area contributed by atoms with E-state index in [0.717, 1.165) is 0 Å². The van der Waals surface area contributed by atoms with Gasteiger partial charge in [-0.1, -0.05) is 6.58 Å². The molecule has 0 heterocycles. The zero-order valence-corrected chi connectivity index (χ0v) is 5.19. The molecular weight excluding hydrogens is 105 g/mol. The quantitative estimate of drug-likeness (QED) is 0.488. The van der Waals surface area contributed by atoms with E-state index in [9.17, 15) is 4.39 Å². The zero-order valence-electron chi connectivity index (χ0n) is 5.19. The van der Waals surface area contributed by atoms with Crippen LogP contribution in [0.15, 0.2) is 17.3 Å². The maximum absolute atomic E-state index is 12.1. The lowest BCUT2D eigenvalue weighted by molar-refractivity contribution is 0.410. The van der Waals surface area contributed by atoms with E-state index in [4.69, 9.17) is 0 Å². The number of nitrogens with zero attached hydrogens (tertiary/aromatic N) is 1. The van der Waals surface area contributed by atoms with E-state index in [1.807, 2.05) is 0 Å². The van der Waals surface area contributed by atoms with Crippen molar-refractivity contribution in [3.8, 4) is 0 Å². The highest BCUT2D eigenvalue weighted by Gasteiger charge is 1.98. The van der Waals surface area contributed by atoms with Gasteiger partial charge >= 0.3 is 0 Å². The Labute approximate surface area is 48.9 Å². The minimum absolute atomic E-state index is 0.285. The van der Waals surface area contributed by atoms with Crippen molar-refractivity contribution in [2.24, 2.45) is 4.99 Å². The molecule has 0 saturated carbocycles. The van der Waals surface area contributed by atoms with Crippen LogP contribution in [0.4, 0.5) is 4.39 Å². The van der Waals surface area contributed by atoms with Gasteiger partial charge in [0.25, 0.3) is 0 Å². The summed E-state index contributed by atoms with van der Waals surface area (Å²) < 4.78 is 12.1. The summed E-state index contributed by atoms with van der Waals surface area (Å²) in [6, 6.07) is 0. The molecule has 0 saturated heterocycles. The third-order valence-corrected chi connectivity index (χ3v) is 0.754. The minimum atomic E-state index is -1.02. The standard InChI is InChI=1S/C6H10FN/c1-4-8-6(3)5(2)7/h4-5H,3H2,1-2H3. The van der Waals surface area contributed by atoms with Crippen LogP contribution in [0.25, 0.3) is 0 Å². The van der Waals surface area contributed by atoms with Crippen molar-refractivity contribution < 1.29 is 4.39 Å². The molecule has 0 N–H and O–H groups in total. The highest BCUT2D eigenvalue weighted by Crippen LogP contribution is 2.02. The highest BCUT2D eigenvalue weighted by atomic mass is 19.1. The molecule has 0 aliphatic carbocycles. The Balaban J connectivity index is 3.66. The van der Waals surface area contributed by atoms with Gasteiger partial charge < -0.3 is 0 Å². The minimum Gasteiger partial charge on any atom is -0.263 e. The van der Waals surface area contributed by atoms with Crippen molar-refractivity contribution in [1.29, 1.82) is 0 Å². The normalized spacial score (nSPS) is 14.4. The molecule has 1 nitrogen and oxygen atoms in total. The maximum Gasteiger partial charge on any atom is 0.138 e. The molecule has 0 aliphatic heterocycles. The third kappa shape index (κ3) is 2.50. The van der Waals surface area contributed by atoms with Gasteiger partial charge in [-0.2, -0.15) is 0 Å². The second-order valence-electron chi connectivity index (χ2n) is 1.49. The second-order valence-corrected chi connectivity index (χ2v) is 1.49. The van der Waals surface area contributed by atoms with E-state index in [0.29, 0.717) is 0 Å². The summed E-state index contributed by atoms with van der Waals surface area (Å²) in [7, 11) is 0. The maximum atomic E-state index is 12.1. The fourth-order valence-corrected chi connectivity index (χ4v) is 0.269. The average molecular weight is 115 g/mol. The Bertz CT molecular complexity index is 105. The first-order valence-electron chi connectivity index (χ1n) is 2.50. The summed E-state index contributed by atoms with van der Waals surface area (Å²) in [6.45, 7) is 6.51. The fraction of sp³-hybridized carbons (Fsp3) is 0.500. The first-order chi connectivity index (χ1) is 3.68. The van der Waals surface area contributed by atoms with E-state index in [1.54, 1.807) is 6.92 Å². The predicted molar refractivity (Wildman–Crippen MR) is 33.9 cm³/mol. The van der Waals surface area contributed by atoms with Gasteiger partial charge in [-0.25, -0.2) is 4.39 Å². The number of hydrogen-bond donors (Lipinski definition) is 0. The van der Waals surface area contributed by atoms with Gasteiger partial charge in [0.05, 0.1) is 5.70 Å². The zero-order chi connectivity index (χ0) is 6.57. The Morgan fingerprint density at radius 2 is 2.38 bits per heavy atom. The van der Waals surface area contributed by atoms with E-state index in [-0.39, 0.29) is 5.70 Å². The predicted octanol–water partition coefficient (Wildman–Crippen LogP) is 1.95. The second kappa shape index (κ2) is 3.36. The monoisotopic (exact) mass is 115 g/mol. The molecule has 0 aromatic carbocycles. The van der Waals surface area contributed by atoms with Gasteiger partial charge in [0.1, 0.15) is 6.17 Å². The van der Waals surface area contributed by atoms with Crippen LogP contribution in [-0.2, 0) is 0 Å². The summed E-state index contributed by atoms with van der Waals surface area (Å²) in [5.41, 5.74) is 0.285. The Morgan fingerprint density at radius 1 is 1.88 bits per heavy atom. The molecule has 0 aromatic rings. The summed E-state index contributed by atoms with van der Waals surface area (Å²) in [4.78, 5) is 3.63. The summed E-state index contributed by atoms with van der Waals surface area (Å²) in [5.74, 6) is 0. The van der Waals surface area contributed by atoms with Crippen LogP contribution >= 0.6 is 0 Å². The first kappa shape index (κ1) is 7.34. The molecule has 0 amide bonds. The van der Waals surface area contributed by atoms with E-state index >= 15 is 0 Å². The van der Waals surface area contributed by atoms with Crippen molar-refractivity contribution in [3.05, 3.63) is 12.3 Å². The van der Waals surface area contributed by atoms with Crippen LogP contribution in [0.1, 0.15) is 13.8 Å². The molecule has 0 bridgehead atoms. The van der Waals surface area contributed by atoms with Crippen LogP contribution in [0.3, 0.4) is 0 Å². The molecule has 0 radical (unpaired) electrons. The van der Waals surface area contributed by atoms with Crippen LogP contribution < -0.4 is 0 Å². The largest absolute Gasteiger partial charge is 0.263 e. The van der Waals surface area contributed by atoms with E-state index in [2.05, 4.69) is 11.6 Å². The molecule has 8 heavy (non-hydrogen) atoms. The summed E-state index contributed by atoms with van der Waals surface area (Å²) >= 11 is 0. The first-order valence-corrected chi connectivity index (χ1v) is 2.50. The van der Waals surface area contributed by atoms with Gasteiger partial charge in [-0.15, -0.1) is 0 Å². The van der Waals surface area contributed by atoms with Gasteiger partial charge in [-0.05, 0) is 13.8 Å². The molecule has 0 aromatic heterocycles. The van der Waals surface area contributed by atoms with Crippen LogP contribution in [-0.4, -0.2) is 12.4 Å². The van der Waals surface area contributed by atoms with Crippen molar-refractivity contribution in [2.45, 2.75) is 20.0 Å². The van der Waals surface area contributed by atoms with Gasteiger partial charge in [0.2, 0.25) is 0 Å². The topological polar surface area (TPSA) is 12.4 Å². The number of halogens is 1. The van der Waals surface area contributed by atoms with E-state index < -0.39 is 6.17 Å². The van der Waals surface area contributed by atoms with E-state index in [1.165, 1.54) is 13.1 Å². The number of alkyl halides is 1. The molecule has 1 atom stereocenters. The lowest BCUT2D eigenvalue weighted by Crippen LogP contribution is -1.92. The smallest absolute Gasteiger partial charge is 0.138 e. The molecule has 2 heteroatoms. The molecule has 0 rings (SSSR count). The average Bonchev–Trinajstić information content (AvgIpc) is 1.67. The number of allylic oxidation sites excluding steroid dienone is 1. The summed E-state index contributed by atoms with van der Waals surface area (Å²) in [5, 5.41) is 0. The van der Waals surface area contributed by atoms with Gasteiger partial charge in [0.15, 0.2) is 0 Å². The molecule has 46 valence electrons. The Hall–Kier alpha value is -0.660. The molecule has 0 spiro atoms. The molecule has 0 aliphatic rings. The van der Waals surface area contributed by atoms with Gasteiger partial charge in [0, 0.05) is 6.21 Å². The number of aliphatic imine (C=N–C) groups is 1. The fourth-order valence-electron chi connectivity index (χ4n) is 0.269. The third-order valence-electron chi connectivity index (χ3n) is 0.754. The number of hydrogen-bond acceptors (Lipinski definition) is 1. The molecule has 0 fully saturated rings. The van der Waals surface area contributed by atoms with Crippen molar-refractivity contribution in [3.63, 3.8) is 0 Å². The van der Waals surface area contributed by atoms with Crippen LogP contribution in [0, 0.1) is 0 Å². The van der Waals surface area contributed by atoms with Crippen molar-refractivity contribution >= 4 is 6.21 Å². The summed E-state index contributed by atoms with van der Waals surface area (Å²) in [6.07, 6.45) is 0.504. The number of rotatable bonds is 2. The lowest BCUT2D eigenvalue weighted by Gasteiger charge is -1.95. The van der Waals surface area contributed by atoms with Crippen molar-refractivity contribution in [2.75, 3.05) is 0 Å². The van der Waals surface area contributed by atoms with Crippen LogP contribution in [0.5, 0.6) is 0 Å². The molecular formula is C6H10FN. The Kier molecular flexibility index (Phi) is 3.08. The lowest BCUT2D eigenvalue weighted by atomic mass is 10.3. The van der Waals surface area contributed by atoms with Crippen LogP contribution in [0.2, 0.25) is 0 Å².